The molecule has 0 aliphatic heterocycles. The Morgan fingerprint density at radius 1 is 1.16 bits per heavy atom. The Kier molecular flexibility index (Phi) is 6.30. The van der Waals surface area contributed by atoms with Crippen molar-refractivity contribution in [1.29, 1.82) is 0 Å². The molecule has 8 heteroatoms. The summed E-state index contributed by atoms with van der Waals surface area (Å²) in [5.41, 5.74) is 0.106. The van der Waals surface area contributed by atoms with Gasteiger partial charge in [0.25, 0.3) is 5.91 Å². The number of amides is 2. The van der Waals surface area contributed by atoms with E-state index in [9.17, 15) is 18.4 Å². The maximum absolute atomic E-state index is 13.5. The highest BCUT2D eigenvalue weighted by atomic mass is 35.5. The summed E-state index contributed by atoms with van der Waals surface area (Å²) in [6.07, 6.45) is -0.0514. The summed E-state index contributed by atoms with van der Waals surface area (Å²) in [7, 11) is 1.45. The minimum Gasteiger partial charge on any atom is -0.495 e. The predicted octanol–water partition coefficient (Wildman–Crippen LogP) is 3.39. The van der Waals surface area contributed by atoms with Crippen LogP contribution >= 0.6 is 11.6 Å². The van der Waals surface area contributed by atoms with Gasteiger partial charge in [-0.15, -0.1) is 0 Å². The smallest absolute Gasteiger partial charge is 0.254 e. The molecule has 5 nitrogen and oxygen atoms in total. The average Bonchev–Trinajstić information content (AvgIpc) is 2.54. The second kappa shape index (κ2) is 8.43. The molecule has 0 aromatic heterocycles. The van der Waals surface area contributed by atoms with Crippen LogP contribution in [0, 0.1) is 11.6 Å². The minimum absolute atomic E-state index is 0.0234. The Morgan fingerprint density at radius 2 is 1.92 bits per heavy atom. The summed E-state index contributed by atoms with van der Waals surface area (Å²) in [6, 6.07) is 7.40. The van der Waals surface area contributed by atoms with Gasteiger partial charge in [-0.05, 0) is 30.3 Å². The summed E-state index contributed by atoms with van der Waals surface area (Å²) in [4.78, 5) is 23.8. The lowest BCUT2D eigenvalue weighted by Gasteiger charge is -2.11. The molecule has 2 N–H and O–H groups in total. The van der Waals surface area contributed by atoms with Crippen LogP contribution in [0.4, 0.5) is 14.5 Å². The van der Waals surface area contributed by atoms with Crippen molar-refractivity contribution < 1.29 is 23.1 Å². The van der Waals surface area contributed by atoms with Crippen molar-refractivity contribution in [2.24, 2.45) is 0 Å². The maximum Gasteiger partial charge on any atom is 0.254 e. The molecule has 0 aliphatic rings. The van der Waals surface area contributed by atoms with Gasteiger partial charge in [-0.25, -0.2) is 8.78 Å². The van der Waals surface area contributed by atoms with E-state index >= 15 is 0 Å². The lowest BCUT2D eigenvalue weighted by atomic mass is 10.2. The number of ether oxygens (including phenoxy) is 1. The molecule has 0 heterocycles. The monoisotopic (exact) mass is 368 g/mol. The molecule has 2 amide bonds. The van der Waals surface area contributed by atoms with Gasteiger partial charge in [-0.2, -0.15) is 0 Å². The van der Waals surface area contributed by atoms with Gasteiger partial charge < -0.3 is 15.4 Å². The van der Waals surface area contributed by atoms with Gasteiger partial charge in [0.15, 0.2) is 0 Å². The van der Waals surface area contributed by atoms with E-state index in [0.29, 0.717) is 22.5 Å². The van der Waals surface area contributed by atoms with Crippen LogP contribution in [0.2, 0.25) is 5.02 Å². The summed E-state index contributed by atoms with van der Waals surface area (Å²) in [5, 5.41) is 5.43. The first-order valence-electron chi connectivity index (χ1n) is 7.27. The number of hydrogen-bond acceptors (Lipinski definition) is 3. The zero-order chi connectivity index (χ0) is 18.4. The first-order valence-corrected chi connectivity index (χ1v) is 7.65. The predicted molar refractivity (Wildman–Crippen MR) is 89.9 cm³/mol. The number of nitrogens with one attached hydrogen (secondary N) is 2. The molecule has 2 aromatic rings. The lowest BCUT2D eigenvalue weighted by molar-refractivity contribution is -0.116. The van der Waals surface area contributed by atoms with Crippen LogP contribution in [0.3, 0.4) is 0 Å². The van der Waals surface area contributed by atoms with Crippen molar-refractivity contribution in [3.8, 4) is 5.75 Å². The molecular formula is C17H15ClF2N2O3. The van der Waals surface area contributed by atoms with Crippen LogP contribution in [0.5, 0.6) is 5.75 Å². The standard InChI is InChI=1S/C17H15ClF2N2O3/c1-25-15-5-2-10(18)8-14(15)22-16(23)6-7-21-17(24)12-4-3-11(19)9-13(12)20/h2-5,8-9H,6-7H2,1H3,(H,21,24)(H,22,23). The largest absolute Gasteiger partial charge is 0.495 e. The topological polar surface area (TPSA) is 67.4 Å². The van der Waals surface area contributed by atoms with Crippen LogP contribution in [0.25, 0.3) is 0 Å². The Balaban J connectivity index is 1.88. The Bertz CT molecular complexity index is 799. The van der Waals surface area contributed by atoms with Crippen molar-refractivity contribution in [1.82, 2.24) is 5.32 Å². The molecule has 0 saturated heterocycles. The van der Waals surface area contributed by atoms with E-state index in [0.717, 1.165) is 12.1 Å². The molecule has 0 saturated carbocycles. The second-order valence-electron chi connectivity index (χ2n) is 5.02. The third-order valence-electron chi connectivity index (χ3n) is 3.25. The highest BCUT2D eigenvalue weighted by molar-refractivity contribution is 6.31. The molecule has 132 valence electrons. The van der Waals surface area contributed by atoms with Crippen molar-refractivity contribution >= 4 is 29.1 Å². The zero-order valence-electron chi connectivity index (χ0n) is 13.2. The summed E-state index contributed by atoms with van der Waals surface area (Å²) in [6.45, 7) is -0.0234. The van der Waals surface area contributed by atoms with Gasteiger partial charge in [0.2, 0.25) is 5.91 Å². The van der Waals surface area contributed by atoms with Gasteiger partial charge in [0.05, 0.1) is 18.4 Å². The number of benzene rings is 2. The van der Waals surface area contributed by atoms with E-state index in [1.807, 2.05) is 0 Å². The van der Waals surface area contributed by atoms with Crippen LogP contribution in [0.1, 0.15) is 16.8 Å². The first-order chi connectivity index (χ1) is 11.9. The Morgan fingerprint density at radius 3 is 2.60 bits per heavy atom. The minimum atomic E-state index is -0.967. The lowest BCUT2D eigenvalue weighted by Crippen LogP contribution is -2.28. The van der Waals surface area contributed by atoms with Crippen molar-refractivity contribution in [3.05, 3.63) is 58.6 Å². The molecule has 0 bridgehead atoms. The van der Waals surface area contributed by atoms with Crippen molar-refractivity contribution in [3.63, 3.8) is 0 Å². The number of halogens is 3. The van der Waals surface area contributed by atoms with Gasteiger partial charge in [0, 0.05) is 24.1 Å². The zero-order valence-corrected chi connectivity index (χ0v) is 14.0. The van der Waals surface area contributed by atoms with Crippen LogP contribution in [-0.2, 0) is 4.79 Å². The number of carbonyl (C=O) groups excluding carboxylic acids is 2. The molecule has 0 unspecified atom stereocenters. The molecule has 0 atom stereocenters. The van der Waals surface area contributed by atoms with E-state index < -0.39 is 17.5 Å². The summed E-state index contributed by atoms with van der Waals surface area (Å²) in [5.74, 6) is -2.42. The van der Waals surface area contributed by atoms with Gasteiger partial charge >= 0.3 is 0 Å². The number of rotatable bonds is 6. The molecule has 0 fully saturated rings. The van der Waals surface area contributed by atoms with Crippen LogP contribution in [-0.4, -0.2) is 25.5 Å². The number of anilines is 1. The van der Waals surface area contributed by atoms with E-state index in [1.165, 1.54) is 13.2 Å². The molecule has 25 heavy (non-hydrogen) atoms. The van der Waals surface area contributed by atoms with E-state index in [2.05, 4.69) is 10.6 Å². The third kappa shape index (κ3) is 5.15. The fourth-order valence-electron chi connectivity index (χ4n) is 2.05. The molecular weight excluding hydrogens is 354 g/mol. The summed E-state index contributed by atoms with van der Waals surface area (Å²) >= 11 is 5.87. The van der Waals surface area contributed by atoms with Gasteiger partial charge in [-0.1, -0.05) is 11.6 Å². The summed E-state index contributed by atoms with van der Waals surface area (Å²) < 4.78 is 31.4. The molecule has 0 spiro atoms. The van der Waals surface area contributed by atoms with Gasteiger partial charge in [0.1, 0.15) is 17.4 Å². The third-order valence-corrected chi connectivity index (χ3v) is 3.48. The highest BCUT2D eigenvalue weighted by Crippen LogP contribution is 2.27. The molecule has 2 aromatic carbocycles. The maximum atomic E-state index is 13.5. The number of carbonyl (C=O) groups is 2. The van der Waals surface area contributed by atoms with Crippen LogP contribution < -0.4 is 15.4 Å². The fourth-order valence-corrected chi connectivity index (χ4v) is 2.22. The normalized spacial score (nSPS) is 10.2. The van der Waals surface area contributed by atoms with Crippen LogP contribution in [0.15, 0.2) is 36.4 Å². The molecule has 2 rings (SSSR count). The van der Waals surface area contributed by atoms with E-state index in [4.69, 9.17) is 16.3 Å². The highest BCUT2D eigenvalue weighted by Gasteiger charge is 2.13. The van der Waals surface area contributed by atoms with E-state index in [-0.39, 0.29) is 24.4 Å². The Labute approximate surface area is 147 Å². The second-order valence-corrected chi connectivity index (χ2v) is 5.46. The molecule has 0 aliphatic carbocycles. The SMILES string of the molecule is COc1ccc(Cl)cc1NC(=O)CCNC(=O)c1ccc(F)cc1F. The molecule has 0 radical (unpaired) electrons. The average molecular weight is 369 g/mol. The fraction of sp³-hybridized carbons (Fsp3) is 0.176. The van der Waals surface area contributed by atoms with Gasteiger partial charge in [-0.3, -0.25) is 9.59 Å². The van der Waals surface area contributed by atoms with Crippen molar-refractivity contribution in [2.75, 3.05) is 19.0 Å². The van der Waals surface area contributed by atoms with Crippen molar-refractivity contribution in [2.45, 2.75) is 6.42 Å². The first kappa shape index (κ1) is 18.7. The quantitative estimate of drug-likeness (QED) is 0.821. The Hall–Kier alpha value is -2.67. The number of methoxy groups -OCH3 is 1. The number of hydrogen-bond donors (Lipinski definition) is 2. The van der Waals surface area contributed by atoms with E-state index in [1.54, 1.807) is 12.1 Å².